The molecule has 0 radical (unpaired) electrons. The van der Waals surface area contributed by atoms with Crippen molar-refractivity contribution in [1.29, 1.82) is 0 Å². The summed E-state index contributed by atoms with van der Waals surface area (Å²) in [6.45, 7) is 2.25. The lowest BCUT2D eigenvalue weighted by molar-refractivity contribution is -0.121. The van der Waals surface area contributed by atoms with Crippen molar-refractivity contribution in [3.63, 3.8) is 0 Å². The van der Waals surface area contributed by atoms with Crippen molar-refractivity contribution in [2.75, 3.05) is 6.61 Å². The second-order valence-corrected chi connectivity index (χ2v) is 5.80. The van der Waals surface area contributed by atoms with Gasteiger partial charge in [0, 0.05) is 6.04 Å². The lowest BCUT2D eigenvalue weighted by Crippen LogP contribution is -2.30. The van der Waals surface area contributed by atoms with Crippen LogP contribution in [0.5, 0.6) is 0 Å². The molecule has 1 aliphatic carbocycles. The molecule has 106 valence electrons. The third-order valence-electron chi connectivity index (χ3n) is 3.25. The molecule has 0 aliphatic heterocycles. The Labute approximate surface area is 120 Å². The maximum atomic E-state index is 12.0. The maximum absolute atomic E-state index is 12.0. The SMILES string of the molecule is CCOC(=O)c1cc2sccc2n1CC(=O)NC1CC1. The minimum absolute atomic E-state index is 0.0539. The van der Waals surface area contributed by atoms with Gasteiger partial charge in [-0.25, -0.2) is 4.79 Å². The average molecular weight is 292 g/mol. The zero-order chi connectivity index (χ0) is 14.1. The van der Waals surface area contributed by atoms with Crippen LogP contribution in [0.2, 0.25) is 0 Å². The van der Waals surface area contributed by atoms with Crippen LogP contribution in [0.15, 0.2) is 17.5 Å². The van der Waals surface area contributed by atoms with E-state index in [0.29, 0.717) is 18.3 Å². The Morgan fingerprint density at radius 2 is 2.30 bits per heavy atom. The molecule has 0 saturated heterocycles. The van der Waals surface area contributed by atoms with Crippen molar-refractivity contribution < 1.29 is 14.3 Å². The topological polar surface area (TPSA) is 60.3 Å². The summed E-state index contributed by atoms with van der Waals surface area (Å²) in [6, 6.07) is 4.04. The first-order valence-electron chi connectivity index (χ1n) is 6.72. The normalized spacial score (nSPS) is 14.4. The number of fused-ring (bicyclic) bond motifs is 1. The minimum atomic E-state index is -0.380. The highest BCUT2D eigenvalue weighted by atomic mass is 32.1. The molecule has 0 bridgehead atoms. The highest BCUT2D eigenvalue weighted by molar-refractivity contribution is 7.17. The number of nitrogens with zero attached hydrogens (tertiary/aromatic N) is 1. The Morgan fingerprint density at radius 3 is 3.00 bits per heavy atom. The molecule has 2 aromatic heterocycles. The van der Waals surface area contributed by atoms with Gasteiger partial charge in [-0.1, -0.05) is 0 Å². The van der Waals surface area contributed by atoms with Crippen molar-refractivity contribution in [1.82, 2.24) is 9.88 Å². The second kappa shape index (κ2) is 5.28. The van der Waals surface area contributed by atoms with Crippen LogP contribution in [0.3, 0.4) is 0 Å². The molecule has 2 aromatic rings. The van der Waals surface area contributed by atoms with E-state index in [2.05, 4.69) is 5.32 Å². The fourth-order valence-electron chi connectivity index (χ4n) is 2.17. The van der Waals surface area contributed by atoms with Gasteiger partial charge in [-0.05, 0) is 37.3 Å². The standard InChI is InChI=1S/C14H16N2O3S/c1-2-19-14(18)11-7-12-10(5-6-20-12)16(11)8-13(17)15-9-3-4-9/h5-7,9H,2-4,8H2,1H3,(H,15,17). The second-order valence-electron chi connectivity index (χ2n) is 4.85. The lowest BCUT2D eigenvalue weighted by atomic mass is 10.4. The first-order valence-corrected chi connectivity index (χ1v) is 7.60. The molecule has 1 saturated carbocycles. The molecule has 1 amide bonds. The molecule has 0 atom stereocenters. The van der Waals surface area contributed by atoms with E-state index in [0.717, 1.165) is 23.1 Å². The summed E-state index contributed by atoms with van der Waals surface area (Å²) in [7, 11) is 0. The fraction of sp³-hybridized carbons (Fsp3) is 0.429. The van der Waals surface area contributed by atoms with Crippen LogP contribution < -0.4 is 5.32 Å². The summed E-state index contributed by atoms with van der Waals surface area (Å²) >= 11 is 1.55. The van der Waals surface area contributed by atoms with Gasteiger partial charge < -0.3 is 14.6 Å². The summed E-state index contributed by atoms with van der Waals surface area (Å²) in [6.07, 6.45) is 2.10. The van der Waals surface area contributed by atoms with Gasteiger partial charge in [0.15, 0.2) is 0 Å². The number of ether oxygens (including phenoxy) is 1. The number of amides is 1. The molecule has 6 heteroatoms. The Balaban J connectivity index is 1.88. The summed E-state index contributed by atoms with van der Waals surface area (Å²) in [4.78, 5) is 24.0. The summed E-state index contributed by atoms with van der Waals surface area (Å²) < 4.78 is 7.79. The number of rotatable bonds is 5. The number of nitrogens with one attached hydrogen (secondary N) is 1. The van der Waals surface area contributed by atoms with E-state index in [1.165, 1.54) is 0 Å². The predicted molar refractivity (Wildman–Crippen MR) is 76.9 cm³/mol. The lowest BCUT2D eigenvalue weighted by Gasteiger charge is -2.09. The molecule has 1 fully saturated rings. The van der Waals surface area contributed by atoms with E-state index in [4.69, 9.17) is 4.74 Å². The zero-order valence-corrected chi connectivity index (χ0v) is 12.0. The number of carbonyl (C=O) groups excluding carboxylic acids is 2. The zero-order valence-electron chi connectivity index (χ0n) is 11.2. The highest BCUT2D eigenvalue weighted by Crippen LogP contribution is 2.26. The van der Waals surface area contributed by atoms with Crippen LogP contribution in [0.1, 0.15) is 30.3 Å². The maximum Gasteiger partial charge on any atom is 0.355 e. The van der Waals surface area contributed by atoms with E-state index in [1.54, 1.807) is 28.9 Å². The van der Waals surface area contributed by atoms with Crippen molar-refractivity contribution in [2.45, 2.75) is 32.4 Å². The van der Waals surface area contributed by atoms with Crippen LogP contribution in [-0.2, 0) is 16.1 Å². The van der Waals surface area contributed by atoms with Crippen LogP contribution in [-0.4, -0.2) is 29.1 Å². The van der Waals surface area contributed by atoms with E-state index < -0.39 is 0 Å². The quantitative estimate of drug-likeness (QED) is 0.859. The van der Waals surface area contributed by atoms with Crippen LogP contribution in [0.25, 0.3) is 10.2 Å². The number of hydrogen-bond donors (Lipinski definition) is 1. The van der Waals surface area contributed by atoms with E-state index in [-0.39, 0.29) is 18.4 Å². The van der Waals surface area contributed by atoms with E-state index in [9.17, 15) is 9.59 Å². The molecule has 2 heterocycles. The van der Waals surface area contributed by atoms with Gasteiger partial charge in [0.1, 0.15) is 12.2 Å². The molecule has 0 spiro atoms. The van der Waals surface area contributed by atoms with Crippen molar-refractivity contribution in [2.24, 2.45) is 0 Å². The fourth-order valence-corrected chi connectivity index (χ4v) is 2.99. The smallest absolute Gasteiger partial charge is 0.355 e. The minimum Gasteiger partial charge on any atom is -0.461 e. The Hall–Kier alpha value is -1.82. The predicted octanol–water partition coefficient (Wildman–Crippen LogP) is 2.16. The third-order valence-corrected chi connectivity index (χ3v) is 4.10. The summed E-state index contributed by atoms with van der Waals surface area (Å²) in [5.74, 6) is -0.433. The molecule has 1 N–H and O–H groups in total. The van der Waals surface area contributed by atoms with Crippen LogP contribution >= 0.6 is 11.3 Å². The average Bonchev–Trinajstić information content (AvgIpc) is 2.99. The monoisotopic (exact) mass is 292 g/mol. The van der Waals surface area contributed by atoms with Gasteiger partial charge in [-0.2, -0.15) is 0 Å². The molecular weight excluding hydrogens is 276 g/mol. The van der Waals surface area contributed by atoms with Crippen molar-refractivity contribution in [3.8, 4) is 0 Å². The van der Waals surface area contributed by atoms with Crippen LogP contribution in [0.4, 0.5) is 0 Å². The first kappa shape index (κ1) is 13.2. The molecule has 20 heavy (non-hydrogen) atoms. The molecule has 5 nitrogen and oxygen atoms in total. The van der Waals surface area contributed by atoms with Crippen LogP contribution in [0, 0.1) is 0 Å². The summed E-state index contributed by atoms with van der Waals surface area (Å²) in [5.41, 5.74) is 1.35. The molecule has 3 rings (SSSR count). The molecule has 0 aromatic carbocycles. The van der Waals surface area contributed by atoms with Crippen molar-refractivity contribution in [3.05, 3.63) is 23.2 Å². The van der Waals surface area contributed by atoms with E-state index in [1.807, 2.05) is 11.4 Å². The van der Waals surface area contributed by atoms with Gasteiger partial charge in [0.25, 0.3) is 0 Å². The number of hydrogen-bond acceptors (Lipinski definition) is 4. The highest BCUT2D eigenvalue weighted by Gasteiger charge is 2.25. The first-order chi connectivity index (χ1) is 9.69. The molecule has 0 unspecified atom stereocenters. The number of aromatic nitrogens is 1. The van der Waals surface area contributed by atoms with Gasteiger partial charge in [-0.15, -0.1) is 11.3 Å². The Kier molecular flexibility index (Phi) is 3.48. The number of esters is 1. The van der Waals surface area contributed by atoms with Crippen molar-refractivity contribution >= 4 is 33.4 Å². The van der Waals surface area contributed by atoms with Gasteiger partial charge >= 0.3 is 5.97 Å². The van der Waals surface area contributed by atoms with E-state index >= 15 is 0 Å². The molecular formula is C14H16N2O3S. The Bertz CT molecular complexity index is 654. The summed E-state index contributed by atoms with van der Waals surface area (Å²) in [5, 5.41) is 4.89. The number of carbonyl (C=O) groups is 2. The number of thiophene rings is 1. The third kappa shape index (κ3) is 2.56. The van der Waals surface area contributed by atoms with Gasteiger partial charge in [0.2, 0.25) is 5.91 Å². The Morgan fingerprint density at radius 1 is 1.50 bits per heavy atom. The van der Waals surface area contributed by atoms with Gasteiger partial charge in [-0.3, -0.25) is 4.79 Å². The molecule has 1 aliphatic rings. The van der Waals surface area contributed by atoms with Gasteiger partial charge in [0.05, 0.1) is 16.8 Å². The largest absolute Gasteiger partial charge is 0.461 e.